The first kappa shape index (κ1) is 16.6. The Labute approximate surface area is 166 Å². The molecule has 5 aromatic rings. The smallest absolute Gasteiger partial charge is 0.229 e. The highest BCUT2D eigenvalue weighted by molar-refractivity contribution is 7.13. The van der Waals surface area contributed by atoms with Gasteiger partial charge in [-0.25, -0.2) is 4.98 Å². The van der Waals surface area contributed by atoms with Crippen LogP contribution in [-0.4, -0.2) is 19.9 Å². The standard InChI is InChI=1S/C22H17N5S/c1-14-11-19(28-13-14)20-18-8-10-24-21(18)27-22(26-20)25-17-6-4-15(5-7-17)16-3-2-9-23-12-16/h2-13H,1H3,(H2,24,25,26,27). The Morgan fingerprint density at radius 3 is 2.64 bits per heavy atom. The number of rotatable bonds is 4. The number of nitrogens with zero attached hydrogens (tertiary/aromatic N) is 3. The van der Waals surface area contributed by atoms with E-state index in [9.17, 15) is 0 Å². The minimum Gasteiger partial charge on any atom is -0.346 e. The summed E-state index contributed by atoms with van der Waals surface area (Å²) in [4.78, 5) is 17.9. The van der Waals surface area contributed by atoms with Crippen LogP contribution in [0.2, 0.25) is 0 Å². The van der Waals surface area contributed by atoms with Gasteiger partial charge in [0.15, 0.2) is 0 Å². The van der Waals surface area contributed by atoms with E-state index in [4.69, 9.17) is 4.98 Å². The molecule has 0 radical (unpaired) electrons. The summed E-state index contributed by atoms with van der Waals surface area (Å²) < 4.78 is 0. The topological polar surface area (TPSA) is 66.5 Å². The van der Waals surface area contributed by atoms with Crippen LogP contribution in [-0.2, 0) is 0 Å². The molecule has 0 aliphatic heterocycles. The number of hydrogen-bond acceptors (Lipinski definition) is 5. The lowest BCUT2D eigenvalue weighted by Crippen LogP contribution is -1.99. The van der Waals surface area contributed by atoms with Crippen LogP contribution < -0.4 is 5.32 Å². The van der Waals surface area contributed by atoms with Crippen molar-refractivity contribution in [2.75, 3.05) is 5.32 Å². The predicted octanol–water partition coefficient (Wildman–Crippen LogP) is 5.80. The first-order valence-corrected chi connectivity index (χ1v) is 9.82. The Morgan fingerprint density at radius 1 is 1.00 bits per heavy atom. The van der Waals surface area contributed by atoms with E-state index in [-0.39, 0.29) is 0 Å². The van der Waals surface area contributed by atoms with Crippen molar-refractivity contribution in [3.05, 3.63) is 78.1 Å². The lowest BCUT2D eigenvalue weighted by atomic mass is 10.1. The van der Waals surface area contributed by atoms with Gasteiger partial charge in [-0.2, -0.15) is 4.98 Å². The van der Waals surface area contributed by atoms with Gasteiger partial charge in [0, 0.05) is 29.7 Å². The molecule has 0 atom stereocenters. The molecule has 28 heavy (non-hydrogen) atoms. The van der Waals surface area contributed by atoms with Gasteiger partial charge in [0.05, 0.1) is 10.6 Å². The molecular weight excluding hydrogens is 366 g/mol. The van der Waals surface area contributed by atoms with E-state index in [1.165, 1.54) is 5.56 Å². The Kier molecular flexibility index (Phi) is 4.10. The number of hydrogen-bond donors (Lipinski definition) is 2. The number of aryl methyl sites for hydroxylation is 1. The third-order valence-electron chi connectivity index (χ3n) is 4.52. The molecule has 0 spiro atoms. The highest BCUT2D eigenvalue weighted by atomic mass is 32.1. The first-order valence-electron chi connectivity index (χ1n) is 8.94. The minimum absolute atomic E-state index is 0.574. The van der Waals surface area contributed by atoms with E-state index in [0.29, 0.717) is 5.95 Å². The molecule has 0 saturated heterocycles. The summed E-state index contributed by atoms with van der Waals surface area (Å²) in [5, 5.41) is 6.49. The van der Waals surface area contributed by atoms with Gasteiger partial charge < -0.3 is 10.3 Å². The van der Waals surface area contributed by atoms with E-state index in [1.807, 2.05) is 42.7 Å². The summed E-state index contributed by atoms with van der Waals surface area (Å²) in [5.74, 6) is 0.574. The Morgan fingerprint density at radius 2 is 1.89 bits per heavy atom. The number of thiophene rings is 1. The zero-order valence-corrected chi connectivity index (χ0v) is 16.0. The Balaban J connectivity index is 1.48. The van der Waals surface area contributed by atoms with Gasteiger partial charge in [0.2, 0.25) is 5.95 Å². The predicted molar refractivity (Wildman–Crippen MR) is 115 cm³/mol. The summed E-state index contributed by atoms with van der Waals surface area (Å²) in [6, 6.07) is 16.4. The molecule has 0 saturated carbocycles. The lowest BCUT2D eigenvalue weighted by molar-refractivity contribution is 1.20. The van der Waals surface area contributed by atoms with Crippen LogP contribution in [0.4, 0.5) is 11.6 Å². The fraction of sp³-hybridized carbons (Fsp3) is 0.0455. The third-order valence-corrected chi connectivity index (χ3v) is 5.57. The van der Waals surface area contributed by atoms with Gasteiger partial charge >= 0.3 is 0 Å². The molecule has 4 heterocycles. The van der Waals surface area contributed by atoms with E-state index in [1.54, 1.807) is 17.5 Å². The molecule has 5 rings (SSSR count). The quantitative estimate of drug-likeness (QED) is 0.411. The average molecular weight is 383 g/mol. The summed E-state index contributed by atoms with van der Waals surface area (Å²) >= 11 is 1.70. The zero-order chi connectivity index (χ0) is 18.9. The molecule has 0 aliphatic rings. The van der Waals surface area contributed by atoms with Crippen molar-refractivity contribution in [3.63, 3.8) is 0 Å². The minimum atomic E-state index is 0.574. The third kappa shape index (κ3) is 3.14. The summed E-state index contributed by atoms with van der Waals surface area (Å²) in [7, 11) is 0. The normalized spacial score (nSPS) is 11.0. The zero-order valence-electron chi connectivity index (χ0n) is 15.2. The molecule has 136 valence electrons. The molecular formula is C22H17N5S. The van der Waals surface area contributed by atoms with Gasteiger partial charge in [-0.05, 0) is 59.3 Å². The Bertz CT molecular complexity index is 1240. The summed E-state index contributed by atoms with van der Waals surface area (Å²) in [6.07, 6.45) is 5.54. The second-order valence-electron chi connectivity index (χ2n) is 6.57. The van der Waals surface area contributed by atoms with Crippen molar-refractivity contribution >= 4 is 34.0 Å². The van der Waals surface area contributed by atoms with Gasteiger partial charge in [-0.15, -0.1) is 11.3 Å². The number of aromatic amines is 1. The molecule has 0 bridgehead atoms. The molecule has 1 aromatic carbocycles. The number of anilines is 2. The van der Waals surface area contributed by atoms with E-state index < -0.39 is 0 Å². The van der Waals surface area contributed by atoms with E-state index in [0.717, 1.165) is 38.4 Å². The SMILES string of the molecule is Cc1csc(-c2nc(Nc3ccc(-c4cccnc4)cc3)nc3[nH]ccc23)c1. The van der Waals surface area contributed by atoms with Crippen LogP contribution in [0.25, 0.3) is 32.7 Å². The molecule has 4 aromatic heterocycles. The van der Waals surface area contributed by atoms with E-state index in [2.05, 4.69) is 50.8 Å². The Hall–Kier alpha value is -3.51. The van der Waals surface area contributed by atoms with Crippen molar-refractivity contribution in [1.82, 2.24) is 19.9 Å². The molecule has 5 nitrogen and oxygen atoms in total. The van der Waals surface area contributed by atoms with Crippen LogP contribution in [0.1, 0.15) is 5.56 Å². The molecule has 2 N–H and O–H groups in total. The van der Waals surface area contributed by atoms with Gasteiger partial charge in [0.1, 0.15) is 5.65 Å². The maximum absolute atomic E-state index is 4.79. The largest absolute Gasteiger partial charge is 0.346 e. The number of fused-ring (bicyclic) bond motifs is 1. The maximum Gasteiger partial charge on any atom is 0.229 e. The number of pyridine rings is 1. The van der Waals surface area contributed by atoms with Gasteiger partial charge in [-0.3, -0.25) is 4.98 Å². The van der Waals surface area contributed by atoms with Crippen molar-refractivity contribution in [3.8, 4) is 21.7 Å². The number of aromatic nitrogens is 4. The van der Waals surface area contributed by atoms with Gasteiger partial charge in [0.25, 0.3) is 0 Å². The van der Waals surface area contributed by atoms with Crippen molar-refractivity contribution in [1.29, 1.82) is 0 Å². The van der Waals surface area contributed by atoms with Gasteiger partial charge in [-0.1, -0.05) is 18.2 Å². The number of benzene rings is 1. The number of H-pyrrole nitrogens is 1. The fourth-order valence-electron chi connectivity index (χ4n) is 3.15. The van der Waals surface area contributed by atoms with Crippen molar-refractivity contribution in [2.45, 2.75) is 6.92 Å². The molecule has 0 aliphatic carbocycles. The molecule has 0 fully saturated rings. The van der Waals surface area contributed by atoms with E-state index >= 15 is 0 Å². The second kappa shape index (κ2) is 6.90. The maximum atomic E-state index is 4.79. The van der Waals surface area contributed by atoms with Crippen molar-refractivity contribution in [2.24, 2.45) is 0 Å². The van der Waals surface area contributed by atoms with Crippen molar-refractivity contribution < 1.29 is 0 Å². The summed E-state index contributed by atoms with van der Waals surface area (Å²) in [5.41, 5.74) is 6.15. The average Bonchev–Trinajstić information content (AvgIpc) is 3.37. The first-order chi connectivity index (χ1) is 13.8. The molecule has 6 heteroatoms. The fourth-order valence-corrected chi connectivity index (χ4v) is 4.05. The van der Waals surface area contributed by atoms with Crippen LogP contribution in [0.5, 0.6) is 0 Å². The summed E-state index contributed by atoms with van der Waals surface area (Å²) in [6.45, 7) is 2.10. The highest BCUT2D eigenvalue weighted by Gasteiger charge is 2.12. The second-order valence-corrected chi connectivity index (χ2v) is 7.48. The van der Waals surface area contributed by atoms with Crippen LogP contribution in [0, 0.1) is 6.92 Å². The monoisotopic (exact) mass is 383 g/mol. The van der Waals surface area contributed by atoms with Crippen LogP contribution in [0.15, 0.2) is 72.5 Å². The molecule has 0 unspecified atom stereocenters. The molecule has 0 amide bonds. The number of nitrogens with one attached hydrogen (secondary N) is 2. The van der Waals surface area contributed by atoms with Crippen LogP contribution in [0.3, 0.4) is 0 Å². The highest BCUT2D eigenvalue weighted by Crippen LogP contribution is 2.32. The lowest BCUT2D eigenvalue weighted by Gasteiger charge is -2.08. The van der Waals surface area contributed by atoms with Crippen LogP contribution >= 0.6 is 11.3 Å².